The summed E-state index contributed by atoms with van der Waals surface area (Å²) in [6, 6.07) is 2.79. The molecule has 3 N–H and O–H groups in total. The molecular weight excluding hydrogens is 282 g/mol. The SMILES string of the molecule is CO[P+](=O)c1c(C(N)=O)[nH]c2ccc(Cl)c(F)c12. The Hall–Kier alpha value is -1.49. The van der Waals surface area contributed by atoms with Gasteiger partial charge in [-0.3, -0.25) is 4.79 Å². The molecule has 0 spiro atoms. The van der Waals surface area contributed by atoms with E-state index in [4.69, 9.17) is 17.3 Å². The van der Waals surface area contributed by atoms with Gasteiger partial charge in [-0.2, -0.15) is 0 Å². The van der Waals surface area contributed by atoms with E-state index < -0.39 is 19.8 Å². The van der Waals surface area contributed by atoms with E-state index in [1.54, 1.807) is 0 Å². The van der Waals surface area contributed by atoms with E-state index in [1.165, 1.54) is 19.2 Å². The number of aromatic amines is 1. The minimum absolute atomic E-state index is 0.0424. The van der Waals surface area contributed by atoms with E-state index in [-0.39, 0.29) is 26.9 Å². The Morgan fingerprint density at radius 1 is 1.56 bits per heavy atom. The number of carbonyl (C=O) groups excluding carboxylic acids is 1. The minimum Gasteiger partial charge on any atom is -0.364 e. The van der Waals surface area contributed by atoms with Gasteiger partial charge in [0, 0.05) is 0 Å². The maximum Gasteiger partial charge on any atom is 0.551 e. The summed E-state index contributed by atoms with van der Waals surface area (Å²) in [6.45, 7) is 0. The second kappa shape index (κ2) is 4.65. The Balaban J connectivity index is 2.92. The van der Waals surface area contributed by atoms with Crippen LogP contribution in [-0.4, -0.2) is 18.0 Å². The molecule has 0 bridgehead atoms. The molecule has 5 nitrogen and oxygen atoms in total. The molecule has 0 aliphatic rings. The Morgan fingerprint density at radius 3 is 2.78 bits per heavy atom. The van der Waals surface area contributed by atoms with Crippen LogP contribution in [0.3, 0.4) is 0 Å². The minimum atomic E-state index is -2.40. The lowest BCUT2D eigenvalue weighted by atomic mass is 10.2. The van der Waals surface area contributed by atoms with Crippen molar-refractivity contribution in [3.63, 3.8) is 0 Å². The van der Waals surface area contributed by atoms with Gasteiger partial charge in [-0.25, -0.2) is 4.39 Å². The number of benzene rings is 1. The van der Waals surface area contributed by atoms with Crippen molar-refractivity contribution in [2.45, 2.75) is 0 Å². The number of amides is 1. The zero-order valence-corrected chi connectivity index (χ0v) is 10.8. The number of aromatic nitrogens is 1. The third-order valence-electron chi connectivity index (χ3n) is 2.42. The van der Waals surface area contributed by atoms with Gasteiger partial charge in [0.1, 0.15) is 0 Å². The molecule has 0 aliphatic heterocycles. The second-order valence-electron chi connectivity index (χ2n) is 3.44. The van der Waals surface area contributed by atoms with Crippen molar-refractivity contribution in [1.82, 2.24) is 4.98 Å². The molecule has 2 aromatic rings. The molecule has 18 heavy (non-hydrogen) atoms. The zero-order chi connectivity index (χ0) is 13.4. The fourth-order valence-electron chi connectivity index (χ4n) is 1.66. The van der Waals surface area contributed by atoms with Gasteiger partial charge in [0.15, 0.2) is 11.5 Å². The molecule has 0 radical (unpaired) electrons. The van der Waals surface area contributed by atoms with Crippen LogP contribution in [0.25, 0.3) is 10.9 Å². The molecule has 1 aromatic carbocycles. The van der Waals surface area contributed by atoms with Crippen LogP contribution in [0.2, 0.25) is 5.02 Å². The summed E-state index contributed by atoms with van der Waals surface area (Å²) < 4.78 is 30.4. The van der Waals surface area contributed by atoms with Crippen molar-refractivity contribution in [2.24, 2.45) is 5.73 Å². The quantitative estimate of drug-likeness (QED) is 0.848. The van der Waals surface area contributed by atoms with E-state index in [1.807, 2.05) is 0 Å². The van der Waals surface area contributed by atoms with Gasteiger partial charge in [0.05, 0.1) is 23.0 Å². The van der Waals surface area contributed by atoms with Gasteiger partial charge in [0.2, 0.25) is 0 Å². The van der Waals surface area contributed by atoms with Gasteiger partial charge in [0.25, 0.3) is 11.2 Å². The topological polar surface area (TPSA) is 85.2 Å². The van der Waals surface area contributed by atoms with Crippen LogP contribution in [0.5, 0.6) is 0 Å². The summed E-state index contributed by atoms with van der Waals surface area (Å²) in [5, 5.41) is -0.285. The first kappa shape index (κ1) is 13.0. The standard InChI is InChI=1S/C10H7ClFN2O3P/c1-17-18(16)9-6-5(14-8(9)10(13)15)3-2-4(11)7(6)12/h2-3H,1H3,(H2-,13,14,15,16)/p+1. The lowest BCUT2D eigenvalue weighted by Gasteiger charge is -1.94. The molecule has 94 valence electrons. The normalized spacial score (nSPS) is 11.8. The number of primary amides is 1. The zero-order valence-electron chi connectivity index (χ0n) is 9.16. The summed E-state index contributed by atoms with van der Waals surface area (Å²) in [6.07, 6.45) is 0. The Bertz CT molecular complexity index is 671. The highest BCUT2D eigenvalue weighted by molar-refractivity contribution is 7.49. The number of fused-ring (bicyclic) bond motifs is 1. The Labute approximate surface area is 107 Å². The number of nitrogens with one attached hydrogen (secondary N) is 1. The van der Waals surface area contributed by atoms with Crippen molar-refractivity contribution in [1.29, 1.82) is 0 Å². The van der Waals surface area contributed by atoms with E-state index in [2.05, 4.69) is 9.51 Å². The third-order valence-corrected chi connectivity index (χ3v) is 3.86. The summed E-state index contributed by atoms with van der Waals surface area (Å²) in [7, 11) is -1.21. The molecule has 1 aromatic heterocycles. The summed E-state index contributed by atoms with van der Waals surface area (Å²) in [5.74, 6) is -1.62. The van der Waals surface area contributed by atoms with Crippen LogP contribution in [0.4, 0.5) is 4.39 Å². The summed E-state index contributed by atoms with van der Waals surface area (Å²) in [5.41, 5.74) is 5.28. The molecule has 0 aliphatic carbocycles. The Kier molecular flexibility index (Phi) is 3.34. The van der Waals surface area contributed by atoms with Crippen LogP contribution in [0.1, 0.15) is 10.5 Å². The molecule has 0 saturated carbocycles. The van der Waals surface area contributed by atoms with Gasteiger partial charge in [-0.1, -0.05) is 11.6 Å². The van der Waals surface area contributed by atoms with Crippen molar-refractivity contribution in [2.75, 3.05) is 7.11 Å². The molecule has 1 heterocycles. The molecule has 8 heteroatoms. The van der Waals surface area contributed by atoms with Gasteiger partial charge in [-0.05, 0) is 16.7 Å². The van der Waals surface area contributed by atoms with Gasteiger partial charge >= 0.3 is 8.03 Å². The molecule has 0 saturated heterocycles. The maximum atomic E-state index is 13.9. The number of nitrogens with two attached hydrogens (primary N) is 1. The fraction of sp³-hybridized carbons (Fsp3) is 0.100. The van der Waals surface area contributed by atoms with Crippen LogP contribution >= 0.6 is 19.6 Å². The lowest BCUT2D eigenvalue weighted by molar-refractivity contribution is 0.0997. The molecule has 1 atom stereocenters. The number of rotatable bonds is 3. The number of halogens is 2. The highest BCUT2D eigenvalue weighted by Crippen LogP contribution is 2.32. The second-order valence-corrected chi connectivity index (χ2v) is 5.17. The molecule has 1 amide bonds. The van der Waals surface area contributed by atoms with E-state index >= 15 is 0 Å². The predicted molar refractivity (Wildman–Crippen MR) is 66.0 cm³/mol. The van der Waals surface area contributed by atoms with E-state index in [9.17, 15) is 13.8 Å². The first-order valence-corrected chi connectivity index (χ1v) is 6.33. The molecule has 2 rings (SSSR count). The Morgan fingerprint density at radius 2 is 2.22 bits per heavy atom. The predicted octanol–water partition coefficient (Wildman–Crippen LogP) is 2.07. The number of carbonyl (C=O) groups is 1. The van der Waals surface area contributed by atoms with Crippen LogP contribution < -0.4 is 11.0 Å². The van der Waals surface area contributed by atoms with Crippen LogP contribution in [0.15, 0.2) is 12.1 Å². The molecule has 1 unspecified atom stereocenters. The number of hydrogen-bond acceptors (Lipinski definition) is 3. The van der Waals surface area contributed by atoms with E-state index in [0.29, 0.717) is 0 Å². The fourth-order valence-corrected chi connectivity index (χ4v) is 2.75. The average molecular weight is 290 g/mol. The van der Waals surface area contributed by atoms with Gasteiger partial charge in [-0.15, -0.1) is 4.52 Å². The highest BCUT2D eigenvalue weighted by atomic mass is 35.5. The average Bonchev–Trinajstić information content (AvgIpc) is 2.73. The summed E-state index contributed by atoms with van der Waals surface area (Å²) in [4.78, 5) is 13.9. The third kappa shape index (κ3) is 1.88. The number of H-pyrrole nitrogens is 1. The van der Waals surface area contributed by atoms with Crippen molar-refractivity contribution in [3.05, 3.63) is 28.7 Å². The maximum absolute atomic E-state index is 13.9. The van der Waals surface area contributed by atoms with E-state index in [0.717, 1.165) is 0 Å². The highest BCUT2D eigenvalue weighted by Gasteiger charge is 2.35. The monoisotopic (exact) mass is 289 g/mol. The largest absolute Gasteiger partial charge is 0.551 e. The molecule has 0 fully saturated rings. The lowest BCUT2D eigenvalue weighted by Crippen LogP contribution is -2.19. The van der Waals surface area contributed by atoms with Crippen molar-refractivity contribution in [3.8, 4) is 0 Å². The first-order valence-electron chi connectivity index (χ1n) is 4.78. The summed E-state index contributed by atoms with van der Waals surface area (Å²) >= 11 is 5.66. The van der Waals surface area contributed by atoms with Gasteiger partial charge < -0.3 is 10.7 Å². The van der Waals surface area contributed by atoms with Crippen molar-refractivity contribution < 1.29 is 18.3 Å². The first-order chi connectivity index (χ1) is 8.47. The van der Waals surface area contributed by atoms with Crippen molar-refractivity contribution >= 4 is 41.7 Å². The molecular formula is C10H8ClFN2O3P+. The smallest absolute Gasteiger partial charge is 0.364 e. The number of hydrogen-bond donors (Lipinski definition) is 2. The van der Waals surface area contributed by atoms with Crippen LogP contribution in [-0.2, 0) is 9.09 Å². The van der Waals surface area contributed by atoms with Crippen LogP contribution in [0, 0.1) is 5.82 Å².